The van der Waals surface area contributed by atoms with Crippen LogP contribution in [-0.4, -0.2) is 0 Å². The molecule has 0 unspecified atom stereocenters. The van der Waals surface area contributed by atoms with Gasteiger partial charge in [-0.1, -0.05) is 0 Å². The van der Waals surface area contributed by atoms with Crippen molar-refractivity contribution in [2.45, 2.75) is 0 Å². The highest BCUT2D eigenvalue weighted by Crippen LogP contribution is 2.41. The lowest BCUT2D eigenvalue weighted by atomic mass is 10.3. The molecule has 0 saturated carbocycles. The molecule has 0 N–H and O–H groups in total. The fourth-order valence-electron chi connectivity index (χ4n) is 2.75. The summed E-state index contributed by atoms with van der Waals surface area (Å²) in [5.74, 6) is -28.1. The van der Waals surface area contributed by atoms with Crippen LogP contribution in [-0.2, 0) is 0 Å². The van der Waals surface area contributed by atoms with Crippen molar-refractivity contribution in [3.05, 3.63) is 88.0 Å². The summed E-state index contributed by atoms with van der Waals surface area (Å²) >= 11 is 0. The van der Waals surface area contributed by atoms with Gasteiger partial charge in [-0.05, 0) is 0 Å². The average Bonchev–Trinajstić information content (AvgIpc) is 2.69. The summed E-state index contributed by atoms with van der Waals surface area (Å²) in [6.45, 7) is 0. The smallest absolute Gasteiger partial charge is 0.203 e. The number of hydrogen-bond donors (Lipinski definition) is 0. The third-order valence-electron chi connectivity index (χ3n) is 4.09. The second-order valence-corrected chi connectivity index (χ2v) is 8.15. The molecule has 0 aliphatic rings. The molecular weight excluding hydrogens is 475 g/mol. The molecule has 0 aliphatic carbocycles. The molecule has 0 aliphatic heterocycles. The molecule has 3 aromatic rings. The molecule has 0 spiro atoms. The molecule has 0 nitrogen and oxygen atoms in total. The minimum atomic E-state index is -4.88. The zero-order valence-corrected chi connectivity index (χ0v) is 15.3. The van der Waals surface area contributed by atoms with Crippen molar-refractivity contribution in [3.8, 4) is 0 Å². The molecule has 3 aromatic carbocycles. The van der Waals surface area contributed by atoms with Gasteiger partial charge >= 0.3 is 0 Å². The molecule has 0 amide bonds. The van der Waals surface area contributed by atoms with Gasteiger partial charge in [0.15, 0.2) is 50.8 Å². The van der Waals surface area contributed by atoms with Gasteiger partial charge in [-0.25, -0.2) is 26.3 Å². The van der Waals surface area contributed by atoms with Crippen molar-refractivity contribution in [2.24, 2.45) is 0 Å². The molecule has 0 aromatic heterocycles. The average molecular weight is 479 g/mol. The summed E-state index contributed by atoms with van der Waals surface area (Å²) < 4.78 is 168. The Hall–Kier alpha value is -2.75. The van der Waals surface area contributed by atoms with E-state index in [0.717, 1.165) is 0 Å². The Balaban J connectivity index is 2.61. The van der Waals surface area contributed by atoms with Crippen molar-refractivity contribution < 1.29 is 52.7 Å². The van der Waals surface area contributed by atoms with Gasteiger partial charge in [0.2, 0.25) is 34.9 Å². The molecule has 13 heteroatoms. The lowest BCUT2D eigenvalue weighted by molar-refractivity contribution is 0.458. The van der Waals surface area contributed by atoms with E-state index in [1.54, 1.807) is 0 Å². The monoisotopic (exact) mass is 479 g/mol. The Morgan fingerprint density at radius 3 is 0.645 bits per heavy atom. The first-order valence-corrected chi connectivity index (χ1v) is 9.25. The highest BCUT2D eigenvalue weighted by atomic mass is 31.1. The predicted molar refractivity (Wildman–Crippen MR) is 86.0 cm³/mol. The minimum Gasteiger partial charge on any atom is -0.203 e. The topological polar surface area (TPSA) is 0 Å². The van der Waals surface area contributed by atoms with Gasteiger partial charge in [0.05, 0.1) is 0 Å². The second-order valence-electron chi connectivity index (χ2n) is 5.90. The van der Waals surface area contributed by atoms with Crippen molar-refractivity contribution in [2.75, 3.05) is 0 Å². The van der Waals surface area contributed by atoms with Gasteiger partial charge in [-0.15, -0.1) is 0 Å². The second kappa shape index (κ2) is 8.07. The molecule has 164 valence electrons. The Bertz CT molecular complexity index is 994. The van der Waals surface area contributed by atoms with Crippen LogP contribution in [0.5, 0.6) is 0 Å². The van der Waals surface area contributed by atoms with E-state index in [9.17, 15) is 52.7 Å². The summed E-state index contributed by atoms with van der Waals surface area (Å²) in [6.07, 6.45) is 0. The number of benzene rings is 3. The largest absolute Gasteiger partial charge is 0.204 e. The van der Waals surface area contributed by atoms with E-state index in [4.69, 9.17) is 0 Å². The highest BCUT2D eigenvalue weighted by molar-refractivity contribution is 7.79. The van der Waals surface area contributed by atoms with E-state index < -0.39 is 93.6 Å². The van der Waals surface area contributed by atoms with Gasteiger partial charge in [-0.2, -0.15) is 26.3 Å². The minimum absolute atomic E-state index is 0.384. The molecule has 0 bridgehead atoms. The Kier molecular flexibility index (Phi) is 5.96. The Labute approximate surface area is 165 Å². The van der Waals surface area contributed by atoms with Crippen molar-refractivity contribution >= 4 is 23.8 Å². The molecule has 0 atom stereocenters. The first-order chi connectivity index (χ1) is 14.4. The lowest BCUT2D eigenvalue weighted by Crippen LogP contribution is -2.35. The summed E-state index contributed by atoms with van der Waals surface area (Å²) in [6, 6.07) is -1.15. The van der Waals surface area contributed by atoms with Gasteiger partial charge in [0, 0.05) is 18.2 Å². The van der Waals surface area contributed by atoms with E-state index >= 15 is 0 Å². The van der Waals surface area contributed by atoms with Gasteiger partial charge < -0.3 is 0 Å². The summed E-state index contributed by atoms with van der Waals surface area (Å²) in [5, 5.41) is -6.31. The first kappa shape index (κ1) is 22.9. The van der Waals surface area contributed by atoms with Crippen LogP contribution in [0.4, 0.5) is 52.7 Å². The summed E-state index contributed by atoms with van der Waals surface area (Å²) in [5.41, 5.74) is 0. The number of halogens is 12. The molecule has 3 rings (SSSR count). The van der Waals surface area contributed by atoms with Crippen LogP contribution in [0.3, 0.4) is 0 Å². The van der Waals surface area contributed by atoms with Gasteiger partial charge in [-0.3, -0.25) is 0 Å². The van der Waals surface area contributed by atoms with Crippen molar-refractivity contribution in [3.63, 3.8) is 0 Å². The van der Waals surface area contributed by atoms with Crippen LogP contribution in [0.2, 0.25) is 0 Å². The zero-order chi connectivity index (χ0) is 23.4. The lowest BCUT2D eigenvalue weighted by Gasteiger charge is -2.16. The van der Waals surface area contributed by atoms with Crippen molar-refractivity contribution in [1.82, 2.24) is 0 Å². The van der Waals surface area contributed by atoms with Crippen LogP contribution < -0.4 is 15.9 Å². The van der Waals surface area contributed by atoms with E-state index in [1.165, 1.54) is 0 Å². The van der Waals surface area contributed by atoms with Crippen molar-refractivity contribution in [1.29, 1.82) is 0 Å². The highest BCUT2D eigenvalue weighted by Gasteiger charge is 2.46. The maximum atomic E-state index is 14.4. The molecule has 0 fully saturated rings. The van der Waals surface area contributed by atoms with Crippen LogP contribution in [0.15, 0.2) is 18.2 Å². The molecule has 0 heterocycles. The number of hydrogen-bond acceptors (Lipinski definition) is 0. The third kappa shape index (κ3) is 3.62. The summed E-state index contributed by atoms with van der Waals surface area (Å²) in [7, 11) is -4.88. The quantitative estimate of drug-likeness (QED) is 0.287. The maximum Gasteiger partial charge on any atom is 0.204 e. The van der Waals surface area contributed by atoms with Crippen LogP contribution in [0.1, 0.15) is 0 Å². The molecule has 31 heavy (non-hydrogen) atoms. The SMILES string of the molecule is Fc1cc(F)c(F)c([PH+](c2c(F)c(F)cc(F)c2F)c2c(F)c(F)cc(F)c2F)c1F. The Morgan fingerprint density at radius 2 is 0.484 bits per heavy atom. The molecular formula is C18H4F12P+. The fraction of sp³-hybridized carbons (Fsp3) is 0. The summed E-state index contributed by atoms with van der Waals surface area (Å²) in [4.78, 5) is 0. The normalized spacial score (nSPS) is 11.5. The molecule has 0 saturated heterocycles. The standard InChI is InChI=1S/C18H3F12P/c19-4-1-5(20)11(26)16(10(4)25)31(17-12(27)6(21)2-7(22)13(17)28)18-14(29)8(23)3-9(24)15(18)30/h1-3H/p+1. The predicted octanol–water partition coefficient (Wildman–Crippen LogP) is 4.85. The van der Waals surface area contributed by atoms with E-state index in [1.807, 2.05) is 0 Å². The van der Waals surface area contributed by atoms with Crippen LogP contribution >= 0.6 is 7.92 Å². The van der Waals surface area contributed by atoms with Gasteiger partial charge in [0.1, 0.15) is 7.92 Å². The van der Waals surface area contributed by atoms with Crippen LogP contribution in [0, 0.1) is 69.8 Å². The molecule has 0 radical (unpaired) electrons. The van der Waals surface area contributed by atoms with Crippen LogP contribution in [0.25, 0.3) is 0 Å². The zero-order valence-electron chi connectivity index (χ0n) is 14.3. The van der Waals surface area contributed by atoms with Gasteiger partial charge in [0.25, 0.3) is 0 Å². The van der Waals surface area contributed by atoms with E-state index in [2.05, 4.69) is 0 Å². The third-order valence-corrected chi connectivity index (χ3v) is 6.90. The van der Waals surface area contributed by atoms with E-state index in [-0.39, 0.29) is 18.2 Å². The first-order valence-electron chi connectivity index (χ1n) is 7.75. The fourth-order valence-corrected chi connectivity index (χ4v) is 5.54. The Morgan fingerprint density at radius 1 is 0.323 bits per heavy atom. The van der Waals surface area contributed by atoms with E-state index in [0.29, 0.717) is 0 Å². The number of rotatable bonds is 3. The maximum absolute atomic E-state index is 14.4.